The van der Waals surface area contributed by atoms with Crippen LogP contribution in [0.5, 0.6) is 0 Å². The smallest absolute Gasteiger partial charge is 0.143 e. The van der Waals surface area contributed by atoms with E-state index in [4.69, 9.17) is 0 Å². The minimum Gasteiger partial charge on any atom is -0.314 e. The molecule has 3 nitrogen and oxygen atoms in total. The van der Waals surface area contributed by atoms with Crippen LogP contribution in [-0.4, -0.2) is 20.5 Å². The predicted molar refractivity (Wildman–Crippen MR) is 50.2 cm³/mol. The summed E-state index contributed by atoms with van der Waals surface area (Å²) >= 11 is 1.96. The molecule has 0 amide bonds. The van der Waals surface area contributed by atoms with E-state index in [9.17, 15) is 0 Å². The minimum absolute atomic E-state index is 0.998. The van der Waals surface area contributed by atoms with Crippen molar-refractivity contribution in [3.05, 3.63) is 11.6 Å². The summed E-state index contributed by atoms with van der Waals surface area (Å²) < 4.78 is 2.28. The second-order valence-corrected chi connectivity index (χ2v) is 4.05. The van der Waals surface area contributed by atoms with Crippen LogP contribution in [0.1, 0.15) is 25.0 Å². The molecule has 0 radical (unpaired) electrons. The standard InChI is InChI=1S/C8H13N3S/c1-2-7-9-10-8-6-12-5-3-4-11(7)8/h2-6H2,1H3. The number of thioether (sulfide) groups is 1. The first kappa shape index (κ1) is 8.10. The van der Waals surface area contributed by atoms with Gasteiger partial charge in [-0.1, -0.05) is 6.92 Å². The molecule has 0 saturated heterocycles. The van der Waals surface area contributed by atoms with Crippen molar-refractivity contribution in [2.75, 3.05) is 5.75 Å². The lowest BCUT2D eigenvalue weighted by atomic mass is 10.4. The van der Waals surface area contributed by atoms with Gasteiger partial charge >= 0.3 is 0 Å². The van der Waals surface area contributed by atoms with Crippen LogP contribution in [0.2, 0.25) is 0 Å². The Morgan fingerprint density at radius 2 is 2.42 bits per heavy atom. The first-order valence-electron chi connectivity index (χ1n) is 4.40. The van der Waals surface area contributed by atoms with Crippen LogP contribution in [0, 0.1) is 0 Å². The van der Waals surface area contributed by atoms with Gasteiger partial charge in [0.05, 0.1) is 5.75 Å². The molecule has 0 aliphatic carbocycles. The van der Waals surface area contributed by atoms with E-state index in [0.29, 0.717) is 0 Å². The fourth-order valence-electron chi connectivity index (χ4n) is 1.49. The van der Waals surface area contributed by atoms with Crippen molar-refractivity contribution in [2.24, 2.45) is 0 Å². The highest BCUT2D eigenvalue weighted by molar-refractivity contribution is 7.98. The highest BCUT2D eigenvalue weighted by Crippen LogP contribution is 2.18. The lowest BCUT2D eigenvalue weighted by Crippen LogP contribution is -2.04. The SMILES string of the molecule is CCc1nnc2n1CCCSC2. The van der Waals surface area contributed by atoms with Crippen LogP contribution in [0.4, 0.5) is 0 Å². The molecule has 2 heterocycles. The summed E-state index contributed by atoms with van der Waals surface area (Å²) in [5.41, 5.74) is 0. The van der Waals surface area contributed by atoms with Gasteiger partial charge in [-0.2, -0.15) is 11.8 Å². The Balaban J connectivity index is 2.32. The summed E-state index contributed by atoms with van der Waals surface area (Å²) in [6.45, 7) is 3.24. The summed E-state index contributed by atoms with van der Waals surface area (Å²) in [6.07, 6.45) is 2.25. The zero-order chi connectivity index (χ0) is 8.39. The number of aryl methyl sites for hydroxylation is 1. The molecular formula is C8H13N3S. The maximum Gasteiger partial charge on any atom is 0.143 e. The number of nitrogens with zero attached hydrogens (tertiary/aromatic N) is 3. The minimum atomic E-state index is 0.998. The molecule has 0 N–H and O–H groups in total. The average molecular weight is 183 g/mol. The van der Waals surface area contributed by atoms with Crippen LogP contribution in [0.3, 0.4) is 0 Å². The Morgan fingerprint density at radius 1 is 1.50 bits per heavy atom. The van der Waals surface area contributed by atoms with E-state index in [1.54, 1.807) is 0 Å². The van der Waals surface area contributed by atoms with Gasteiger partial charge in [0.25, 0.3) is 0 Å². The van der Waals surface area contributed by atoms with E-state index in [2.05, 4.69) is 21.7 Å². The summed E-state index contributed by atoms with van der Waals surface area (Å²) in [4.78, 5) is 0. The highest BCUT2D eigenvalue weighted by Gasteiger charge is 2.12. The van der Waals surface area contributed by atoms with Gasteiger partial charge in [0.15, 0.2) is 0 Å². The van der Waals surface area contributed by atoms with E-state index in [1.807, 2.05) is 11.8 Å². The van der Waals surface area contributed by atoms with Crippen LogP contribution >= 0.6 is 11.8 Å². The van der Waals surface area contributed by atoms with E-state index in [-0.39, 0.29) is 0 Å². The molecule has 0 atom stereocenters. The topological polar surface area (TPSA) is 30.7 Å². The van der Waals surface area contributed by atoms with Crippen LogP contribution in [-0.2, 0) is 18.7 Å². The Kier molecular flexibility index (Phi) is 2.35. The van der Waals surface area contributed by atoms with Crippen LogP contribution in [0.15, 0.2) is 0 Å². The number of hydrogen-bond acceptors (Lipinski definition) is 3. The number of rotatable bonds is 1. The Morgan fingerprint density at radius 3 is 3.25 bits per heavy atom. The van der Waals surface area contributed by atoms with Gasteiger partial charge in [-0.15, -0.1) is 10.2 Å². The zero-order valence-corrected chi connectivity index (χ0v) is 8.10. The largest absolute Gasteiger partial charge is 0.314 e. The van der Waals surface area contributed by atoms with Crippen LogP contribution in [0.25, 0.3) is 0 Å². The molecule has 0 spiro atoms. The Bertz CT molecular complexity index is 269. The van der Waals surface area contributed by atoms with Gasteiger partial charge < -0.3 is 4.57 Å². The number of hydrogen-bond donors (Lipinski definition) is 0. The first-order valence-corrected chi connectivity index (χ1v) is 5.56. The van der Waals surface area contributed by atoms with Crippen molar-refractivity contribution in [3.8, 4) is 0 Å². The third-order valence-electron chi connectivity index (χ3n) is 2.12. The van der Waals surface area contributed by atoms with Crippen molar-refractivity contribution in [3.63, 3.8) is 0 Å². The summed E-state index contributed by atoms with van der Waals surface area (Å²) in [5.74, 6) is 4.60. The molecule has 12 heavy (non-hydrogen) atoms. The first-order chi connectivity index (χ1) is 5.92. The molecule has 2 rings (SSSR count). The zero-order valence-electron chi connectivity index (χ0n) is 7.29. The maximum absolute atomic E-state index is 4.18. The second-order valence-electron chi connectivity index (χ2n) is 2.94. The van der Waals surface area contributed by atoms with E-state index in [1.165, 1.54) is 12.2 Å². The monoisotopic (exact) mass is 183 g/mol. The third-order valence-corrected chi connectivity index (χ3v) is 3.16. The van der Waals surface area contributed by atoms with E-state index < -0.39 is 0 Å². The lowest BCUT2D eigenvalue weighted by molar-refractivity contribution is 0.635. The molecule has 1 aliphatic rings. The number of aromatic nitrogens is 3. The Labute approximate surface area is 76.6 Å². The molecule has 1 aromatic rings. The highest BCUT2D eigenvalue weighted by atomic mass is 32.2. The number of fused-ring (bicyclic) bond motifs is 1. The normalized spacial score (nSPS) is 17.1. The van der Waals surface area contributed by atoms with Crippen molar-refractivity contribution in [1.29, 1.82) is 0 Å². The second kappa shape index (κ2) is 3.47. The van der Waals surface area contributed by atoms with Crippen molar-refractivity contribution in [1.82, 2.24) is 14.8 Å². The maximum atomic E-state index is 4.18. The molecule has 1 aliphatic heterocycles. The van der Waals surface area contributed by atoms with Gasteiger partial charge in [0.1, 0.15) is 11.6 Å². The van der Waals surface area contributed by atoms with Crippen molar-refractivity contribution < 1.29 is 0 Å². The average Bonchev–Trinajstić information content (AvgIpc) is 2.33. The summed E-state index contributed by atoms with van der Waals surface area (Å²) in [5, 5.41) is 8.34. The molecule has 0 fully saturated rings. The van der Waals surface area contributed by atoms with Gasteiger partial charge in [-0.25, -0.2) is 0 Å². The van der Waals surface area contributed by atoms with Gasteiger partial charge in [-0.3, -0.25) is 0 Å². The molecule has 0 bridgehead atoms. The quantitative estimate of drug-likeness (QED) is 0.660. The van der Waals surface area contributed by atoms with Gasteiger partial charge in [0, 0.05) is 13.0 Å². The van der Waals surface area contributed by atoms with Gasteiger partial charge in [-0.05, 0) is 12.2 Å². The summed E-state index contributed by atoms with van der Waals surface area (Å²) in [7, 11) is 0. The van der Waals surface area contributed by atoms with Gasteiger partial charge in [0.2, 0.25) is 0 Å². The molecule has 1 aromatic heterocycles. The Hall–Kier alpha value is -0.510. The summed E-state index contributed by atoms with van der Waals surface area (Å²) in [6, 6.07) is 0. The third kappa shape index (κ3) is 1.35. The molecule has 4 heteroatoms. The fraction of sp³-hybridized carbons (Fsp3) is 0.750. The van der Waals surface area contributed by atoms with Crippen LogP contribution < -0.4 is 0 Å². The molecule has 66 valence electrons. The molecule has 0 unspecified atom stereocenters. The fourth-order valence-corrected chi connectivity index (χ4v) is 2.36. The van der Waals surface area contributed by atoms with E-state index >= 15 is 0 Å². The molecule has 0 saturated carbocycles. The van der Waals surface area contributed by atoms with Crippen molar-refractivity contribution >= 4 is 11.8 Å². The predicted octanol–water partition coefficient (Wildman–Crippen LogP) is 1.48. The molecular weight excluding hydrogens is 170 g/mol. The molecule has 0 aromatic carbocycles. The lowest BCUT2D eigenvalue weighted by Gasteiger charge is -2.03. The van der Waals surface area contributed by atoms with Crippen molar-refractivity contribution in [2.45, 2.75) is 32.1 Å². The van der Waals surface area contributed by atoms with E-state index in [0.717, 1.165) is 30.4 Å².